The van der Waals surface area contributed by atoms with E-state index in [-0.39, 0.29) is 5.56 Å². The van der Waals surface area contributed by atoms with Gasteiger partial charge in [-0.05, 0) is 18.2 Å². The Kier molecular flexibility index (Phi) is 2.17. The molecule has 0 N–H and O–H groups in total. The number of alkyl halides is 3. The predicted octanol–water partition coefficient (Wildman–Crippen LogP) is 2.32. The van der Waals surface area contributed by atoms with Crippen LogP contribution < -0.4 is 0 Å². The molecule has 0 aliphatic heterocycles. The molecule has 63 valence electrons. The van der Waals surface area contributed by atoms with E-state index in [0.29, 0.717) is 6.29 Å². The topological polar surface area (TPSA) is 17.1 Å². The van der Waals surface area contributed by atoms with Crippen LogP contribution in [0.15, 0.2) is 18.2 Å². The molecule has 1 radical (unpaired) electrons. The van der Waals surface area contributed by atoms with Gasteiger partial charge in [-0.3, -0.25) is 4.79 Å². The molecule has 1 aromatic carbocycles. The lowest BCUT2D eigenvalue weighted by molar-refractivity contribution is -0.137. The van der Waals surface area contributed by atoms with Crippen molar-refractivity contribution in [3.8, 4) is 0 Å². The zero-order chi connectivity index (χ0) is 9.19. The molecular weight excluding hydrogens is 169 g/mol. The Bertz CT molecular complexity index is 291. The quantitative estimate of drug-likeness (QED) is 0.595. The van der Waals surface area contributed by atoms with E-state index in [0.717, 1.165) is 18.2 Å². The largest absolute Gasteiger partial charge is 0.416 e. The summed E-state index contributed by atoms with van der Waals surface area (Å²) in [4.78, 5) is 10.1. The fourth-order valence-corrected chi connectivity index (χ4v) is 0.729. The second kappa shape index (κ2) is 2.97. The van der Waals surface area contributed by atoms with E-state index in [2.05, 4.69) is 6.07 Å². The van der Waals surface area contributed by atoms with E-state index < -0.39 is 11.7 Å². The fourth-order valence-electron chi connectivity index (χ4n) is 0.729. The van der Waals surface area contributed by atoms with Gasteiger partial charge in [0.1, 0.15) is 0 Å². The van der Waals surface area contributed by atoms with Crippen LogP contribution in [0.25, 0.3) is 0 Å². The van der Waals surface area contributed by atoms with Gasteiger partial charge in [0.25, 0.3) is 0 Å². The third kappa shape index (κ3) is 1.84. The highest BCUT2D eigenvalue weighted by molar-refractivity contribution is 5.74. The van der Waals surface area contributed by atoms with Crippen molar-refractivity contribution in [2.75, 3.05) is 0 Å². The van der Waals surface area contributed by atoms with Gasteiger partial charge in [0.2, 0.25) is 0 Å². The third-order valence-electron chi connectivity index (χ3n) is 1.28. The molecule has 0 heterocycles. The third-order valence-corrected chi connectivity index (χ3v) is 1.28. The summed E-state index contributed by atoms with van der Waals surface area (Å²) in [6.45, 7) is 0. The van der Waals surface area contributed by atoms with Crippen molar-refractivity contribution in [3.63, 3.8) is 0 Å². The number of benzene rings is 1. The zero-order valence-electron chi connectivity index (χ0n) is 5.85. The van der Waals surface area contributed by atoms with Crippen LogP contribution in [0.4, 0.5) is 13.2 Å². The van der Waals surface area contributed by atoms with E-state index in [9.17, 15) is 18.0 Å². The number of hydrogen-bond acceptors (Lipinski definition) is 1. The first kappa shape index (κ1) is 8.77. The average Bonchev–Trinajstić information content (AvgIpc) is 2.03. The van der Waals surface area contributed by atoms with Gasteiger partial charge < -0.3 is 0 Å². The minimum atomic E-state index is -4.40. The van der Waals surface area contributed by atoms with Crippen molar-refractivity contribution in [2.45, 2.75) is 6.18 Å². The molecule has 0 aliphatic carbocycles. The highest BCUT2D eigenvalue weighted by atomic mass is 19.4. The minimum Gasteiger partial charge on any atom is -0.298 e. The Morgan fingerprint density at radius 3 is 2.58 bits per heavy atom. The highest BCUT2D eigenvalue weighted by Gasteiger charge is 2.30. The fraction of sp³-hybridized carbons (Fsp3) is 0.125. The van der Waals surface area contributed by atoms with Crippen molar-refractivity contribution in [1.82, 2.24) is 0 Å². The molecule has 0 atom stereocenters. The summed E-state index contributed by atoms with van der Waals surface area (Å²) in [5.41, 5.74) is -0.923. The first-order valence-corrected chi connectivity index (χ1v) is 3.08. The lowest BCUT2D eigenvalue weighted by Gasteiger charge is -2.05. The summed E-state index contributed by atoms with van der Waals surface area (Å²) < 4.78 is 35.9. The predicted molar refractivity (Wildman–Crippen MR) is 35.7 cm³/mol. The highest BCUT2D eigenvalue weighted by Crippen LogP contribution is 2.28. The van der Waals surface area contributed by atoms with Crippen molar-refractivity contribution >= 4 is 6.29 Å². The van der Waals surface area contributed by atoms with Crippen molar-refractivity contribution in [3.05, 3.63) is 35.4 Å². The van der Waals surface area contributed by atoms with Crippen LogP contribution in [0, 0.1) is 6.07 Å². The van der Waals surface area contributed by atoms with Gasteiger partial charge in [-0.1, -0.05) is 6.07 Å². The van der Waals surface area contributed by atoms with Crippen LogP contribution in [-0.4, -0.2) is 6.29 Å². The second-order valence-electron chi connectivity index (χ2n) is 2.15. The molecule has 0 bridgehead atoms. The first-order chi connectivity index (χ1) is 5.54. The van der Waals surface area contributed by atoms with Crippen molar-refractivity contribution in [2.24, 2.45) is 0 Å². The van der Waals surface area contributed by atoms with Crippen molar-refractivity contribution in [1.29, 1.82) is 0 Å². The van der Waals surface area contributed by atoms with E-state index in [1.165, 1.54) is 0 Å². The van der Waals surface area contributed by atoms with Gasteiger partial charge in [-0.25, -0.2) is 0 Å². The van der Waals surface area contributed by atoms with Gasteiger partial charge >= 0.3 is 6.18 Å². The molecule has 0 aliphatic rings. The maximum absolute atomic E-state index is 12.0. The molecule has 0 saturated carbocycles. The van der Waals surface area contributed by atoms with Crippen molar-refractivity contribution < 1.29 is 18.0 Å². The van der Waals surface area contributed by atoms with Crippen LogP contribution >= 0.6 is 0 Å². The number of carbonyl (C=O) groups excluding carboxylic acids is 1. The molecule has 0 amide bonds. The number of carbonyl (C=O) groups is 1. The summed E-state index contributed by atoms with van der Waals surface area (Å²) in [5.74, 6) is 0. The van der Waals surface area contributed by atoms with Crippen LogP contribution in [0.3, 0.4) is 0 Å². The first-order valence-electron chi connectivity index (χ1n) is 3.08. The average molecular weight is 173 g/mol. The molecule has 0 saturated heterocycles. The number of rotatable bonds is 1. The van der Waals surface area contributed by atoms with E-state index in [4.69, 9.17) is 0 Å². The Balaban J connectivity index is 3.10. The molecule has 0 unspecified atom stereocenters. The van der Waals surface area contributed by atoms with Crippen LogP contribution in [0.2, 0.25) is 0 Å². The van der Waals surface area contributed by atoms with E-state index in [1.807, 2.05) is 0 Å². The molecule has 1 aromatic rings. The standard InChI is InChI=1S/C8H4F3O/c9-8(10,11)7-3-1-2-6(4-7)5-12/h1,3-5H. The van der Waals surface area contributed by atoms with E-state index >= 15 is 0 Å². The Morgan fingerprint density at radius 2 is 2.08 bits per heavy atom. The van der Waals surface area contributed by atoms with E-state index in [1.54, 1.807) is 0 Å². The summed E-state index contributed by atoms with van der Waals surface area (Å²) in [6, 6.07) is 5.06. The van der Waals surface area contributed by atoms with Gasteiger partial charge in [-0.15, -0.1) is 0 Å². The Labute approximate surface area is 66.8 Å². The van der Waals surface area contributed by atoms with Crippen LogP contribution in [0.1, 0.15) is 15.9 Å². The van der Waals surface area contributed by atoms with Gasteiger partial charge in [-0.2, -0.15) is 13.2 Å². The summed E-state index contributed by atoms with van der Waals surface area (Å²) in [7, 11) is 0. The lowest BCUT2D eigenvalue weighted by atomic mass is 10.1. The summed E-state index contributed by atoms with van der Waals surface area (Å²) >= 11 is 0. The molecular formula is C8H4F3O. The maximum Gasteiger partial charge on any atom is 0.416 e. The SMILES string of the molecule is O=Cc1[c]ccc(C(F)(F)F)c1. The molecule has 0 spiro atoms. The second-order valence-corrected chi connectivity index (χ2v) is 2.15. The smallest absolute Gasteiger partial charge is 0.298 e. The molecule has 1 nitrogen and oxygen atoms in total. The Morgan fingerprint density at radius 1 is 1.42 bits per heavy atom. The molecule has 4 heteroatoms. The summed E-state index contributed by atoms with van der Waals surface area (Å²) in [5, 5.41) is 0. The molecule has 1 rings (SSSR count). The summed E-state index contributed by atoms with van der Waals surface area (Å²) in [6.07, 6.45) is -4.07. The van der Waals surface area contributed by atoms with Gasteiger partial charge in [0.05, 0.1) is 5.56 Å². The molecule has 12 heavy (non-hydrogen) atoms. The van der Waals surface area contributed by atoms with Crippen LogP contribution in [0.5, 0.6) is 0 Å². The lowest BCUT2D eigenvalue weighted by Crippen LogP contribution is -2.04. The minimum absolute atomic E-state index is 0.0928. The number of aldehydes is 1. The normalized spacial score (nSPS) is 11.2. The zero-order valence-corrected chi connectivity index (χ0v) is 5.85. The maximum atomic E-state index is 12.0. The molecule has 0 fully saturated rings. The number of hydrogen-bond donors (Lipinski definition) is 0. The molecule has 0 aromatic heterocycles. The van der Waals surface area contributed by atoms with Crippen LogP contribution in [-0.2, 0) is 6.18 Å². The Hall–Kier alpha value is -1.32. The van der Waals surface area contributed by atoms with Gasteiger partial charge in [0, 0.05) is 5.56 Å². The number of halogens is 3. The van der Waals surface area contributed by atoms with Gasteiger partial charge in [0.15, 0.2) is 6.29 Å². The monoisotopic (exact) mass is 173 g/mol.